The van der Waals surface area contributed by atoms with E-state index in [0.717, 1.165) is 29.4 Å². The fourth-order valence-electron chi connectivity index (χ4n) is 2.29. The van der Waals surface area contributed by atoms with Crippen molar-refractivity contribution in [3.8, 4) is 0 Å². The summed E-state index contributed by atoms with van der Waals surface area (Å²) in [6.07, 6.45) is 2.20. The van der Waals surface area contributed by atoms with Gasteiger partial charge in [-0.2, -0.15) is 0 Å². The molecule has 0 amide bonds. The van der Waals surface area contributed by atoms with Crippen molar-refractivity contribution in [3.05, 3.63) is 34.1 Å². The molecule has 1 aromatic rings. The monoisotopic (exact) mass is 301 g/mol. The van der Waals surface area contributed by atoms with Crippen LogP contribution in [0.5, 0.6) is 0 Å². The number of halogens is 2. The summed E-state index contributed by atoms with van der Waals surface area (Å²) in [5, 5.41) is 3.47. The number of hydrogen-bond donors (Lipinski definition) is 1. The summed E-state index contributed by atoms with van der Waals surface area (Å²) < 4.78 is 14.2. The lowest BCUT2D eigenvalue weighted by atomic mass is 9.89. The molecule has 1 aromatic carbocycles. The van der Waals surface area contributed by atoms with Gasteiger partial charge in [0.05, 0.1) is 0 Å². The van der Waals surface area contributed by atoms with Crippen LogP contribution in [0.2, 0.25) is 0 Å². The van der Waals surface area contributed by atoms with Crippen LogP contribution < -0.4 is 5.32 Å². The molecule has 1 atom stereocenters. The quantitative estimate of drug-likeness (QED) is 0.805. The van der Waals surface area contributed by atoms with Crippen LogP contribution in [0, 0.1) is 11.7 Å². The van der Waals surface area contributed by atoms with Crippen LogP contribution in [0.1, 0.15) is 45.2 Å². The molecule has 0 aromatic heterocycles. The van der Waals surface area contributed by atoms with Crippen molar-refractivity contribution in [2.45, 2.75) is 39.7 Å². The molecule has 0 saturated carbocycles. The Hall–Kier alpha value is -0.410. The first-order valence-electron chi connectivity index (χ1n) is 6.31. The molecule has 0 saturated heterocycles. The van der Waals surface area contributed by atoms with Crippen molar-refractivity contribution in [2.24, 2.45) is 5.92 Å². The number of hydrogen-bond acceptors (Lipinski definition) is 1. The second-order valence-corrected chi connectivity index (χ2v) is 5.23. The van der Waals surface area contributed by atoms with Gasteiger partial charge in [0, 0.05) is 10.5 Å². The molecule has 1 nitrogen and oxygen atoms in total. The normalized spacial score (nSPS) is 13.1. The molecule has 0 aliphatic rings. The molecule has 17 heavy (non-hydrogen) atoms. The summed E-state index contributed by atoms with van der Waals surface area (Å²) in [7, 11) is 0. The van der Waals surface area contributed by atoms with Crippen molar-refractivity contribution in [3.63, 3.8) is 0 Å². The minimum absolute atomic E-state index is 0.178. The SMILES string of the molecule is CCNC(c1cc(F)cc(Br)c1)C(CC)CC. The molecule has 1 N–H and O–H groups in total. The zero-order chi connectivity index (χ0) is 12.8. The fourth-order valence-corrected chi connectivity index (χ4v) is 2.77. The van der Waals surface area contributed by atoms with Crippen molar-refractivity contribution in [1.82, 2.24) is 5.32 Å². The first kappa shape index (κ1) is 14.7. The van der Waals surface area contributed by atoms with Crippen LogP contribution >= 0.6 is 15.9 Å². The maximum Gasteiger partial charge on any atom is 0.124 e. The van der Waals surface area contributed by atoms with E-state index in [1.165, 1.54) is 6.07 Å². The highest BCUT2D eigenvalue weighted by atomic mass is 79.9. The molecule has 0 heterocycles. The third-order valence-electron chi connectivity index (χ3n) is 3.19. The van der Waals surface area contributed by atoms with E-state index in [2.05, 4.69) is 42.0 Å². The van der Waals surface area contributed by atoms with Gasteiger partial charge in [-0.3, -0.25) is 0 Å². The Morgan fingerprint density at radius 1 is 1.18 bits per heavy atom. The Kier molecular flexibility index (Phi) is 6.14. The summed E-state index contributed by atoms with van der Waals surface area (Å²) >= 11 is 3.36. The second-order valence-electron chi connectivity index (χ2n) is 4.31. The lowest BCUT2D eigenvalue weighted by Crippen LogP contribution is -2.27. The Morgan fingerprint density at radius 2 is 1.82 bits per heavy atom. The smallest absolute Gasteiger partial charge is 0.124 e. The Balaban J connectivity index is 3.03. The van der Waals surface area contributed by atoms with Gasteiger partial charge in [-0.15, -0.1) is 0 Å². The van der Waals surface area contributed by atoms with Crippen molar-refractivity contribution >= 4 is 15.9 Å². The predicted octanol–water partition coefficient (Wildman–Crippen LogP) is 4.68. The maximum absolute atomic E-state index is 13.4. The lowest BCUT2D eigenvalue weighted by Gasteiger charge is -2.26. The molecule has 0 radical (unpaired) electrons. The first-order chi connectivity index (χ1) is 8.12. The standard InChI is InChI=1S/C14H21BrFN/c1-4-10(5-2)14(17-6-3)11-7-12(15)9-13(16)8-11/h7-10,14,17H,4-6H2,1-3H3. The second kappa shape index (κ2) is 7.12. The van der Waals surface area contributed by atoms with Crippen LogP contribution in [0.15, 0.2) is 22.7 Å². The molecule has 1 rings (SSSR count). The van der Waals surface area contributed by atoms with E-state index in [0.29, 0.717) is 5.92 Å². The number of benzene rings is 1. The van der Waals surface area contributed by atoms with Crippen molar-refractivity contribution < 1.29 is 4.39 Å². The zero-order valence-electron chi connectivity index (χ0n) is 10.8. The van der Waals surface area contributed by atoms with Gasteiger partial charge in [0.2, 0.25) is 0 Å². The topological polar surface area (TPSA) is 12.0 Å². The minimum atomic E-state index is -0.178. The third-order valence-corrected chi connectivity index (χ3v) is 3.65. The summed E-state index contributed by atoms with van der Waals surface area (Å²) in [6, 6.07) is 5.38. The Morgan fingerprint density at radius 3 is 2.29 bits per heavy atom. The van der Waals surface area contributed by atoms with E-state index < -0.39 is 0 Å². The van der Waals surface area contributed by atoms with E-state index in [9.17, 15) is 4.39 Å². The fraction of sp³-hybridized carbons (Fsp3) is 0.571. The average Bonchev–Trinajstić information content (AvgIpc) is 2.28. The third kappa shape index (κ3) is 4.07. The number of rotatable bonds is 6. The largest absolute Gasteiger partial charge is 0.310 e. The molecule has 96 valence electrons. The molecule has 0 aliphatic heterocycles. The average molecular weight is 302 g/mol. The number of nitrogens with one attached hydrogen (secondary N) is 1. The molecular weight excluding hydrogens is 281 g/mol. The highest BCUT2D eigenvalue weighted by Gasteiger charge is 2.20. The van der Waals surface area contributed by atoms with Crippen LogP contribution in [0.25, 0.3) is 0 Å². The van der Waals surface area contributed by atoms with Gasteiger partial charge in [-0.1, -0.05) is 49.5 Å². The molecule has 0 aliphatic carbocycles. The highest BCUT2D eigenvalue weighted by Crippen LogP contribution is 2.29. The van der Waals surface area contributed by atoms with Crippen molar-refractivity contribution in [2.75, 3.05) is 6.54 Å². The van der Waals surface area contributed by atoms with Gasteiger partial charge in [0.1, 0.15) is 5.82 Å². The van der Waals surface area contributed by atoms with Gasteiger partial charge in [0.25, 0.3) is 0 Å². The van der Waals surface area contributed by atoms with Crippen LogP contribution in [0.4, 0.5) is 4.39 Å². The highest BCUT2D eigenvalue weighted by molar-refractivity contribution is 9.10. The van der Waals surface area contributed by atoms with Gasteiger partial charge < -0.3 is 5.32 Å². The molecule has 1 unspecified atom stereocenters. The molecule has 0 bridgehead atoms. The van der Waals surface area contributed by atoms with E-state index in [4.69, 9.17) is 0 Å². The predicted molar refractivity (Wildman–Crippen MR) is 74.6 cm³/mol. The molecule has 3 heteroatoms. The molecular formula is C14H21BrFN. The Labute approximate surface area is 112 Å². The van der Waals surface area contributed by atoms with E-state index in [-0.39, 0.29) is 11.9 Å². The summed E-state index contributed by atoms with van der Waals surface area (Å²) in [4.78, 5) is 0. The summed E-state index contributed by atoms with van der Waals surface area (Å²) in [5.74, 6) is 0.367. The minimum Gasteiger partial charge on any atom is -0.310 e. The van der Waals surface area contributed by atoms with E-state index in [1.807, 2.05) is 6.07 Å². The maximum atomic E-state index is 13.4. The van der Waals surface area contributed by atoms with Gasteiger partial charge in [-0.25, -0.2) is 4.39 Å². The van der Waals surface area contributed by atoms with Gasteiger partial charge >= 0.3 is 0 Å². The van der Waals surface area contributed by atoms with Crippen molar-refractivity contribution in [1.29, 1.82) is 0 Å². The molecule has 0 spiro atoms. The van der Waals surface area contributed by atoms with Gasteiger partial charge in [0.15, 0.2) is 0 Å². The van der Waals surface area contributed by atoms with Crippen LogP contribution in [-0.4, -0.2) is 6.54 Å². The van der Waals surface area contributed by atoms with E-state index >= 15 is 0 Å². The van der Waals surface area contributed by atoms with E-state index in [1.54, 1.807) is 6.07 Å². The van der Waals surface area contributed by atoms with Gasteiger partial charge in [-0.05, 0) is 36.2 Å². The first-order valence-corrected chi connectivity index (χ1v) is 7.11. The zero-order valence-corrected chi connectivity index (χ0v) is 12.3. The summed E-state index contributed by atoms with van der Waals surface area (Å²) in [6.45, 7) is 7.36. The molecule has 0 fully saturated rings. The van der Waals surface area contributed by atoms with Crippen LogP contribution in [0.3, 0.4) is 0 Å². The van der Waals surface area contributed by atoms with Crippen LogP contribution in [-0.2, 0) is 0 Å². The Bertz CT molecular complexity index is 330. The lowest BCUT2D eigenvalue weighted by molar-refractivity contribution is 0.345. The summed E-state index contributed by atoms with van der Waals surface area (Å²) in [5.41, 5.74) is 1.03.